The van der Waals surface area contributed by atoms with Crippen LogP contribution in [0, 0.1) is 0 Å². The quantitative estimate of drug-likeness (QED) is 0.927. The van der Waals surface area contributed by atoms with Crippen molar-refractivity contribution in [2.24, 2.45) is 0 Å². The molecule has 0 aromatic heterocycles. The Hall–Kier alpha value is -2.54. The van der Waals surface area contributed by atoms with Crippen molar-refractivity contribution < 1.29 is 17.9 Å². The zero-order valence-corrected chi connectivity index (χ0v) is 14.2. The van der Waals surface area contributed by atoms with Gasteiger partial charge in [-0.05, 0) is 49.2 Å². The van der Waals surface area contributed by atoms with Gasteiger partial charge in [-0.1, -0.05) is 18.2 Å². The Labute approximate surface area is 141 Å². The molecule has 126 valence electrons. The van der Waals surface area contributed by atoms with Gasteiger partial charge in [0.2, 0.25) is 0 Å². The summed E-state index contributed by atoms with van der Waals surface area (Å²) in [4.78, 5) is 11.4. The largest absolute Gasteiger partial charge is 0.453 e. The van der Waals surface area contributed by atoms with Crippen LogP contribution in [-0.4, -0.2) is 27.7 Å². The van der Waals surface area contributed by atoms with E-state index in [0.717, 1.165) is 11.3 Å². The van der Waals surface area contributed by atoms with Crippen LogP contribution in [0.15, 0.2) is 53.4 Å². The summed E-state index contributed by atoms with van der Waals surface area (Å²) in [5, 5.41) is 2.49. The van der Waals surface area contributed by atoms with Gasteiger partial charge < -0.3 is 4.74 Å². The maximum atomic E-state index is 13.0. The van der Waals surface area contributed by atoms with Crippen LogP contribution in [0.3, 0.4) is 0 Å². The Morgan fingerprint density at radius 2 is 1.83 bits per heavy atom. The molecule has 0 bridgehead atoms. The number of sulfonamides is 1. The zero-order valence-electron chi connectivity index (χ0n) is 13.4. The van der Waals surface area contributed by atoms with E-state index >= 15 is 0 Å². The number of fused-ring (bicyclic) bond motifs is 1. The Morgan fingerprint density at radius 1 is 1.17 bits per heavy atom. The molecule has 1 aliphatic heterocycles. The molecule has 0 fully saturated rings. The molecule has 1 aliphatic rings. The normalized spacial score (nSPS) is 16.6. The Morgan fingerprint density at radius 3 is 2.50 bits per heavy atom. The second kappa shape index (κ2) is 6.16. The summed E-state index contributed by atoms with van der Waals surface area (Å²) < 4.78 is 32.0. The first-order valence-corrected chi connectivity index (χ1v) is 8.95. The Balaban J connectivity index is 1.92. The molecule has 2 aromatic carbocycles. The van der Waals surface area contributed by atoms with E-state index in [1.54, 1.807) is 0 Å². The average Bonchev–Trinajstić information content (AvgIpc) is 2.91. The minimum absolute atomic E-state index is 0.139. The molecular formula is C17H18N2O4S. The number of carbonyl (C=O) groups excluding carboxylic acids is 1. The molecule has 2 aromatic rings. The fourth-order valence-corrected chi connectivity index (χ4v) is 4.59. The third-order valence-electron chi connectivity index (χ3n) is 3.99. The van der Waals surface area contributed by atoms with Crippen LogP contribution in [0.4, 0.5) is 16.2 Å². The highest BCUT2D eigenvalue weighted by atomic mass is 32.2. The lowest BCUT2D eigenvalue weighted by molar-refractivity contribution is 0.187. The van der Waals surface area contributed by atoms with Gasteiger partial charge in [0.25, 0.3) is 10.0 Å². The van der Waals surface area contributed by atoms with Crippen LogP contribution in [0.5, 0.6) is 0 Å². The molecule has 0 spiro atoms. The summed E-state index contributed by atoms with van der Waals surface area (Å²) in [6.07, 6.45) is 0.0879. The molecule has 3 rings (SSSR count). The molecule has 0 saturated heterocycles. The first-order chi connectivity index (χ1) is 11.4. The summed E-state index contributed by atoms with van der Waals surface area (Å²) in [6, 6.07) is 13.4. The molecule has 1 amide bonds. The summed E-state index contributed by atoms with van der Waals surface area (Å²) in [5.74, 6) is 0. The van der Waals surface area contributed by atoms with Crippen LogP contribution in [0.1, 0.15) is 12.5 Å². The van der Waals surface area contributed by atoms with E-state index in [4.69, 9.17) is 0 Å². The van der Waals surface area contributed by atoms with Gasteiger partial charge >= 0.3 is 6.09 Å². The van der Waals surface area contributed by atoms with Crippen molar-refractivity contribution in [3.63, 3.8) is 0 Å². The third-order valence-corrected chi connectivity index (χ3v) is 5.93. The van der Waals surface area contributed by atoms with Crippen molar-refractivity contribution >= 4 is 27.5 Å². The maximum absolute atomic E-state index is 13.0. The van der Waals surface area contributed by atoms with Gasteiger partial charge in [0, 0.05) is 11.7 Å². The number of hydrogen-bond acceptors (Lipinski definition) is 4. The minimum Gasteiger partial charge on any atom is -0.453 e. The molecule has 7 heteroatoms. The van der Waals surface area contributed by atoms with E-state index in [1.807, 2.05) is 31.2 Å². The first-order valence-electron chi connectivity index (χ1n) is 7.51. The highest BCUT2D eigenvalue weighted by molar-refractivity contribution is 7.92. The number of methoxy groups -OCH3 is 1. The van der Waals surface area contributed by atoms with Crippen LogP contribution in [-0.2, 0) is 21.2 Å². The van der Waals surface area contributed by atoms with E-state index in [-0.39, 0.29) is 10.9 Å². The minimum atomic E-state index is -3.66. The fourth-order valence-electron chi connectivity index (χ4n) is 2.90. The van der Waals surface area contributed by atoms with E-state index in [9.17, 15) is 13.2 Å². The van der Waals surface area contributed by atoms with Gasteiger partial charge in [-0.3, -0.25) is 9.62 Å². The number of rotatable bonds is 3. The maximum Gasteiger partial charge on any atom is 0.411 e. The standard InChI is InChI=1S/C17H18N2O4S/c1-12-11-13-5-3-4-6-16(13)19(12)24(21,22)15-9-7-14(8-10-15)18-17(20)23-2/h3-10,12H,11H2,1-2H3,(H,18,20)/t12-/m1/s1. The van der Waals surface area contributed by atoms with Crippen LogP contribution in [0.25, 0.3) is 0 Å². The van der Waals surface area contributed by atoms with Gasteiger partial charge in [0.05, 0.1) is 17.7 Å². The van der Waals surface area contributed by atoms with Crippen molar-refractivity contribution in [3.8, 4) is 0 Å². The lowest BCUT2D eigenvalue weighted by Crippen LogP contribution is -2.35. The SMILES string of the molecule is COC(=O)Nc1ccc(S(=O)(=O)N2c3ccccc3C[C@H]2C)cc1. The number of nitrogens with zero attached hydrogens (tertiary/aromatic N) is 1. The number of amides is 1. The van der Waals surface area contributed by atoms with Gasteiger partial charge in [0.15, 0.2) is 0 Å². The van der Waals surface area contributed by atoms with Gasteiger partial charge in [0.1, 0.15) is 0 Å². The predicted molar refractivity (Wildman–Crippen MR) is 91.7 cm³/mol. The van der Waals surface area contributed by atoms with E-state index in [2.05, 4.69) is 10.1 Å². The number of nitrogens with one attached hydrogen (secondary N) is 1. The number of ether oxygens (including phenoxy) is 1. The van der Waals surface area contributed by atoms with E-state index < -0.39 is 16.1 Å². The Kier molecular flexibility index (Phi) is 4.19. The predicted octanol–water partition coefficient (Wildman–Crippen LogP) is 3.00. The Bertz CT molecular complexity index is 862. The molecular weight excluding hydrogens is 328 g/mol. The molecule has 1 atom stereocenters. The van der Waals surface area contributed by atoms with Crippen LogP contribution in [0.2, 0.25) is 0 Å². The van der Waals surface area contributed by atoms with Crippen molar-refractivity contribution in [2.75, 3.05) is 16.7 Å². The monoisotopic (exact) mass is 346 g/mol. The molecule has 1 heterocycles. The molecule has 0 aliphatic carbocycles. The van der Waals surface area contributed by atoms with Crippen molar-refractivity contribution in [3.05, 3.63) is 54.1 Å². The highest BCUT2D eigenvalue weighted by Crippen LogP contribution is 2.36. The lowest BCUT2D eigenvalue weighted by Gasteiger charge is -2.24. The van der Waals surface area contributed by atoms with E-state index in [0.29, 0.717) is 12.1 Å². The van der Waals surface area contributed by atoms with Crippen LogP contribution >= 0.6 is 0 Å². The molecule has 6 nitrogen and oxygen atoms in total. The fraction of sp³-hybridized carbons (Fsp3) is 0.235. The van der Waals surface area contributed by atoms with Crippen LogP contribution < -0.4 is 9.62 Å². The number of anilines is 2. The second-order valence-electron chi connectivity index (χ2n) is 5.62. The number of hydrogen-bond donors (Lipinski definition) is 1. The topological polar surface area (TPSA) is 75.7 Å². The number of para-hydroxylation sites is 1. The summed E-state index contributed by atoms with van der Waals surface area (Å²) in [5.41, 5.74) is 2.22. The van der Waals surface area contributed by atoms with Crippen molar-refractivity contribution in [1.82, 2.24) is 0 Å². The van der Waals surface area contributed by atoms with Gasteiger partial charge in [-0.2, -0.15) is 0 Å². The highest BCUT2D eigenvalue weighted by Gasteiger charge is 2.35. The van der Waals surface area contributed by atoms with Gasteiger partial charge in [-0.15, -0.1) is 0 Å². The number of carbonyl (C=O) groups is 1. The zero-order chi connectivity index (χ0) is 17.3. The molecule has 0 radical (unpaired) electrons. The molecule has 24 heavy (non-hydrogen) atoms. The summed E-state index contributed by atoms with van der Waals surface area (Å²) in [7, 11) is -2.40. The molecule has 0 unspecified atom stereocenters. The van der Waals surface area contributed by atoms with E-state index in [1.165, 1.54) is 35.7 Å². The number of benzene rings is 2. The van der Waals surface area contributed by atoms with Gasteiger partial charge in [-0.25, -0.2) is 13.2 Å². The molecule has 1 N–H and O–H groups in total. The van der Waals surface area contributed by atoms with Crippen molar-refractivity contribution in [1.29, 1.82) is 0 Å². The first kappa shape index (κ1) is 16.3. The lowest BCUT2D eigenvalue weighted by atomic mass is 10.1. The molecule has 0 saturated carbocycles. The van der Waals surface area contributed by atoms with Crippen molar-refractivity contribution in [2.45, 2.75) is 24.3 Å². The second-order valence-corrected chi connectivity index (χ2v) is 7.44. The summed E-state index contributed by atoms with van der Waals surface area (Å²) >= 11 is 0. The average molecular weight is 346 g/mol. The third kappa shape index (κ3) is 2.82. The smallest absolute Gasteiger partial charge is 0.411 e. The summed E-state index contributed by atoms with van der Waals surface area (Å²) in [6.45, 7) is 1.89.